The van der Waals surface area contributed by atoms with Crippen LogP contribution in [0.1, 0.15) is 58.8 Å². The van der Waals surface area contributed by atoms with Gasteiger partial charge in [0.15, 0.2) is 0 Å². The number of rotatable bonds is 6. The smallest absolute Gasteiger partial charge is 0.303 e. The molecule has 2 heteroatoms. The molecule has 1 aliphatic carbocycles. The normalized spacial score (nSPS) is 23.2. The van der Waals surface area contributed by atoms with Gasteiger partial charge in [-0.05, 0) is 30.6 Å². The van der Waals surface area contributed by atoms with E-state index < -0.39 is 5.97 Å². The number of hydrogen-bond acceptors (Lipinski definition) is 1. The first-order valence-electron chi connectivity index (χ1n) is 6.39. The highest BCUT2D eigenvalue weighted by atomic mass is 16.4. The monoisotopic (exact) mass is 224 g/mol. The molecule has 1 aliphatic rings. The first-order chi connectivity index (χ1) is 7.49. The lowest BCUT2D eigenvalue weighted by Crippen LogP contribution is -2.18. The van der Waals surface area contributed by atoms with Crippen LogP contribution in [0.3, 0.4) is 0 Å². The number of hydrogen-bond donors (Lipinski definition) is 1. The van der Waals surface area contributed by atoms with E-state index in [0.717, 1.165) is 18.8 Å². The molecule has 0 aromatic rings. The van der Waals surface area contributed by atoms with Gasteiger partial charge in [-0.25, -0.2) is 0 Å². The standard InChI is InChI=1S/C14H24O2/c1-14(2)10-6-8-12(11-14)7-4-3-5-9-13(15)16/h6,10,12H,3-5,7-9,11H2,1-2H3,(H,15,16). The van der Waals surface area contributed by atoms with E-state index in [1.165, 1.54) is 25.7 Å². The van der Waals surface area contributed by atoms with E-state index in [2.05, 4.69) is 26.0 Å². The molecule has 1 atom stereocenters. The van der Waals surface area contributed by atoms with Gasteiger partial charge in [0.2, 0.25) is 0 Å². The Balaban J connectivity index is 2.10. The number of carbonyl (C=O) groups is 1. The molecule has 0 heterocycles. The van der Waals surface area contributed by atoms with Crippen LogP contribution in [-0.4, -0.2) is 11.1 Å². The van der Waals surface area contributed by atoms with E-state index in [-0.39, 0.29) is 0 Å². The van der Waals surface area contributed by atoms with Gasteiger partial charge >= 0.3 is 5.97 Å². The van der Waals surface area contributed by atoms with Gasteiger partial charge in [0, 0.05) is 6.42 Å². The summed E-state index contributed by atoms with van der Waals surface area (Å²) in [6.45, 7) is 4.58. The Labute approximate surface area is 98.7 Å². The molecule has 0 saturated heterocycles. The Morgan fingerprint density at radius 3 is 2.75 bits per heavy atom. The van der Waals surface area contributed by atoms with Crippen LogP contribution < -0.4 is 0 Å². The van der Waals surface area contributed by atoms with Crippen molar-refractivity contribution in [3.63, 3.8) is 0 Å². The van der Waals surface area contributed by atoms with Crippen molar-refractivity contribution in [2.45, 2.75) is 58.8 Å². The highest BCUT2D eigenvalue weighted by molar-refractivity contribution is 5.66. The highest BCUT2D eigenvalue weighted by Crippen LogP contribution is 2.35. The maximum absolute atomic E-state index is 10.3. The van der Waals surface area contributed by atoms with Crippen LogP contribution in [0.25, 0.3) is 0 Å². The van der Waals surface area contributed by atoms with Crippen molar-refractivity contribution in [1.29, 1.82) is 0 Å². The zero-order valence-corrected chi connectivity index (χ0v) is 10.5. The first kappa shape index (κ1) is 13.3. The SMILES string of the molecule is CC1(C)C=CCC(CCCCCC(=O)O)C1. The van der Waals surface area contributed by atoms with Crippen LogP contribution in [0.15, 0.2) is 12.2 Å². The average Bonchev–Trinajstić information content (AvgIpc) is 2.15. The molecule has 0 radical (unpaired) electrons. The number of carboxylic acids is 1. The van der Waals surface area contributed by atoms with E-state index >= 15 is 0 Å². The molecule has 1 unspecified atom stereocenters. The lowest BCUT2D eigenvalue weighted by molar-refractivity contribution is -0.137. The summed E-state index contributed by atoms with van der Waals surface area (Å²) in [5.74, 6) is 0.145. The summed E-state index contributed by atoms with van der Waals surface area (Å²) in [5.41, 5.74) is 0.365. The third-order valence-corrected chi connectivity index (χ3v) is 3.36. The number of allylic oxidation sites excluding steroid dienone is 2. The lowest BCUT2D eigenvalue weighted by Gasteiger charge is -2.30. The third-order valence-electron chi connectivity index (χ3n) is 3.36. The van der Waals surface area contributed by atoms with Gasteiger partial charge in [0.1, 0.15) is 0 Å². The molecule has 1 rings (SSSR count). The van der Waals surface area contributed by atoms with Crippen molar-refractivity contribution >= 4 is 5.97 Å². The van der Waals surface area contributed by atoms with Gasteiger partial charge in [0.25, 0.3) is 0 Å². The van der Waals surface area contributed by atoms with E-state index in [1.54, 1.807) is 0 Å². The van der Waals surface area contributed by atoms with Crippen molar-refractivity contribution < 1.29 is 9.90 Å². The first-order valence-corrected chi connectivity index (χ1v) is 6.39. The molecule has 0 bridgehead atoms. The van der Waals surface area contributed by atoms with Gasteiger partial charge in [-0.3, -0.25) is 4.79 Å². The highest BCUT2D eigenvalue weighted by Gasteiger charge is 2.23. The number of aliphatic carboxylic acids is 1. The maximum atomic E-state index is 10.3. The summed E-state index contributed by atoms with van der Waals surface area (Å²) in [6, 6.07) is 0. The average molecular weight is 224 g/mol. The van der Waals surface area contributed by atoms with Gasteiger partial charge < -0.3 is 5.11 Å². The quantitative estimate of drug-likeness (QED) is 0.546. The molecule has 1 N–H and O–H groups in total. The van der Waals surface area contributed by atoms with Gasteiger partial charge in [0.05, 0.1) is 0 Å². The molecule has 0 aromatic carbocycles. The van der Waals surface area contributed by atoms with Crippen molar-refractivity contribution in [2.24, 2.45) is 11.3 Å². The third kappa shape index (κ3) is 5.34. The summed E-state index contributed by atoms with van der Waals surface area (Å²) in [7, 11) is 0. The second-order valence-corrected chi connectivity index (χ2v) is 5.69. The van der Waals surface area contributed by atoms with Crippen LogP contribution in [0.5, 0.6) is 0 Å². The minimum Gasteiger partial charge on any atom is -0.481 e. The van der Waals surface area contributed by atoms with E-state index in [1.807, 2.05) is 0 Å². The molecule has 0 spiro atoms. The van der Waals surface area contributed by atoms with Crippen molar-refractivity contribution in [2.75, 3.05) is 0 Å². The Morgan fingerprint density at radius 1 is 1.38 bits per heavy atom. The molecule has 16 heavy (non-hydrogen) atoms. The van der Waals surface area contributed by atoms with Crippen LogP contribution in [0.2, 0.25) is 0 Å². The summed E-state index contributed by atoms with van der Waals surface area (Å²) in [5, 5.41) is 8.52. The summed E-state index contributed by atoms with van der Waals surface area (Å²) in [4.78, 5) is 10.3. The van der Waals surface area contributed by atoms with Crippen LogP contribution in [0, 0.1) is 11.3 Å². The predicted octanol–water partition coefficient (Wildman–Crippen LogP) is 4.01. The van der Waals surface area contributed by atoms with Gasteiger partial charge in [-0.1, -0.05) is 45.3 Å². The number of unbranched alkanes of at least 4 members (excludes halogenated alkanes) is 2. The fourth-order valence-electron chi connectivity index (χ4n) is 2.58. The Kier molecular flexibility index (Phi) is 5.04. The largest absolute Gasteiger partial charge is 0.481 e. The molecule has 0 aromatic heterocycles. The van der Waals surface area contributed by atoms with Crippen molar-refractivity contribution in [3.05, 3.63) is 12.2 Å². The molecule has 0 fully saturated rings. The molecular formula is C14H24O2. The Hall–Kier alpha value is -0.790. The summed E-state index contributed by atoms with van der Waals surface area (Å²) < 4.78 is 0. The predicted molar refractivity (Wildman–Crippen MR) is 66.4 cm³/mol. The van der Waals surface area contributed by atoms with E-state index in [4.69, 9.17) is 5.11 Å². The lowest BCUT2D eigenvalue weighted by atomic mass is 9.75. The fraction of sp³-hybridized carbons (Fsp3) is 0.786. The van der Waals surface area contributed by atoms with Crippen molar-refractivity contribution in [3.8, 4) is 0 Å². The molecule has 2 nitrogen and oxygen atoms in total. The topological polar surface area (TPSA) is 37.3 Å². The van der Waals surface area contributed by atoms with Crippen molar-refractivity contribution in [1.82, 2.24) is 0 Å². The van der Waals surface area contributed by atoms with E-state index in [9.17, 15) is 4.79 Å². The zero-order chi connectivity index (χ0) is 12.0. The minimum atomic E-state index is -0.665. The maximum Gasteiger partial charge on any atom is 0.303 e. The number of carboxylic acid groups (broad SMARTS) is 1. The van der Waals surface area contributed by atoms with Gasteiger partial charge in [-0.2, -0.15) is 0 Å². The van der Waals surface area contributed by atoms with E-state index in [0.29, 0.717) is 11.8 Å². The fourth-order valence-corrected chi connectivity index (χ4v) is 2.58. The summed E-state index contributed by atoms with van der Waals surface area (Å²) in [6.07, 6.45) is 11.8. The summed E-state index contributed by atoms with van der Waals surface area (Å²) >= 11 is 0. The van der Waals surface area contributed by atoms with Crippen LogP contribution >= 0.6 is 0 Å². The second-order valence-electron chi connectivity index (χ2n) is 5.69. The minimum absolute atomic E-state index is 0.329. The second kappa shape index (κ2) is 6.07. The molecule has 0 amide bonds. The van der Waals surface area contributed by atoms with Crippen LogP contribution in [0.4, 0.5) is 0 Å². The molecule has 92 valence electrons. The Bertz CT molecular complexity index is 253. The Morgan fingerprint density at radius 2 is 2.12 bits per heavy atom. The molecule has 0 saturated carbocycles. The van der Waals surface area contributed by atoms with Gasteiger partial charge in [-0.15, -0.1) is 0 Å². The molecular weight excluding hydrogens is 200 g/mol. The molecule has 0 aliphatic heterocycles. The zero-order valence-electron chi connectivity index (χ0n) is 10.5. The van der Waals surface area contributed by atoms with Crippen LogP contribution in [-0.2, 0) is 4.79 Å².